The summed E-state index contributed by atoms with van der Waals surface area (Å²) in [4.78, 5) is 24.7. The fraction of sp³-hybridized carbons (Fsp3) is 0.364. The minimum Gasteiger partial charge on any atom is -0.464 e. The Morgan fingerprint density at radius 2 is 2.42 bits per heavy atom. The number of ether oxygens (including phenoxy) is 1. The second-order valence-electron chi connectivity index (χ2n) is 3.81. The fourth-order valence-corrected chi connectivity index (χ4v) is 1.28. The van der Waals surface area contributed by atoms with Gasteiger partial charge in [-0.2, -0.15) is 5.26 Å². The van der Waals surface area contributed by atoms with Gasteiger partial charge in [-0.3, -0.25) is 14.9 Å². The van der Waals surface area contributed by atoms with Crippen molar-refractivity contribution in [2.24, 2.45) is 0 Å². The van der Waals surface area contributed by atoms with Crippen molar-refractivity contribution in [3.8, 4) is 6.07 Å². The molecule has 0 aromatic carbocycles. The Morgan fingerprint density at radius 1 is 1.74 bits per heavy atom. The zero-order chi connectivity index (χ0) is 14.4. The molecule has 0 aliphatic rings. The minimum absolute atomic E-state index is 0.0312. The molecule has 19 heavy (non-hydrogen) atoms. The van der Waals surface area contributed by atoms with Gasteiger partial charge in [-0.15, -0.1) is 0 Å². The summed E-state index contributed by atoms with van der Waals surface area (Å²) < 4.78 is 4.77. The maximum atomic E-state index is 10.9. The van der Waals surface area contributed by atoms with E-state index in [0.29, 0.717) is 0 Å². The van der Waals surface area contributed by atoms with Crippen LogP contribution < -0.4 is 5.32 Å². The van der Waals surface area contributed by atoms with Crippen molar-refractivity contribution in [1.82, 2.24) is 4.98 Å². The summed E-state index contributed by atoms with van der Waals surface area (Å²) in [7, 11) is 0. The van der Waals surface area contributed by atoms with Crippen LogP contribution in [0.1, 0.15) is 19.4 Å². The van der Waals surface area contributed by atoms with Crippen molar-refractivity contribution < 1.29 is 14.5 Å². The quantitative estimate of drug-likeness (QED) is 0.482. The van der Waals surface area contributed by atoms with E-state index in [4.69, 9.17) is 10.00 Å². The average Bonchev–Trinajstić information content (AvgIpc) is 2.36. The molecule has 8 nitrogen and oxygen atoms in total. The third-order valence-corrected chi connectivity index (χ3v) is 2.11. The lowest BCUT2D eigenvalue weighted by molar-refractivity contribution is -0.384. The summed E-state index contributed by atoms with van der Waals surface area (Å²) >= 11 is 0. The first-order valence-corrected chi connectivity index (χ1v) is 5.38. The number of pyridine rings is 1. The van der Waals surface area contributed by atoms with Crippen molar-refractivity contribution in [3.05, 3.63) is 27.9 Å². The van der Waals surface area contributed by atoms with Crippen molar-refractivity contribution in [2.75, 3.05) is 11.9 Å². The molecule has 1 N–H and O–H groups in total. The summed E-state index contributed by atoms with van der Waals surface area (Å²) in [5, 5.41) is 22.3. The number of hydrogen-bond donors (Lipinski definition) is 1. The van der Waals surface area contributed by atoms with Gasteiger partial charge in [0.25, 0.3) is 0 Å². The molecule has 1 heterocycles. The van der Waals surface area contributed by atoms with E-state index in [1.165, 1.54) is 13.1 Å². The molecule has 1 aromatic heterocycles. The predicted octanol–water partition coefficient (Wildman–Crippen LogP) is 1.22. The van der Waals surface area contributed by atoms with Gasteiger partial charge < -0.3 is 10.1 Å². The SMILES string of the molecule is CC(=O)OC[C@@H](C)Nc1ncc(C#N)cc1[N+](=O)[O-]. The number of nitro groups is 1. The fourth-order valence-electron chi connectivity index (χ4n) is 1.28. The minimum atomic E-state index is -0.630. The van der Waals surface area contributed by atoms with E-state index in [1.807, 2.05) is 0 Å². The van der Waals surface area contributed by atoms with Crippen molar-refractivity contribution in [1.29, 1.82) is 5.26 Å². The summed E-state index contributed by atoms with van der Waals surface area (Å²) in [5.74, 6) is -0.403. The molecule has 1 aromatic rings. The van der Waals surface area contributed by atoms with E-state index in [-0.39, 0.29) is 29.7 Å². The van der Waals surface area contributed by atoms with E-state index in [9.17, 15) is 14.9 Å². The molecule has 0 fully saturated rings. The van der Waals surface area contributed by atoms with Gasteiger partial charge in [0.05, 0.1) is 16.5 Å². The van der Waals surface area contributed by atoms with Crippen LogP contribution in [0.15, 0.2) is 12.3 Å². The molecule has 8 heteroatoms. The second kappa shape index (κ2) is 6.30. The monoisotopic (exact) mass is 264 g/mol. The van der Waals surface area contributed by atoms with E-state index in [0.717, 1.165) is 6.07 Å². The molecule has 100 valence electrons. The standard InChI is InChI=1S/C11H12N4O4/c1-7(6-19-8(2)16)14-11-10(15(17)18)3-9(4-12)5-13-11/h3,5,7H,6H2,1-2H3,(H,13,14)/t7-/m1/s1. The Hall–Kier alpha value is -2.69. The molecule has 0 radical (unpaired) electrons. The maximum absolute atomic E-state index is 10.9. The van der Waals surface area contributed by atoms with Gasteiger partial charge in [0.1, 0.15) is 12.7 Å². The Balaban J connectivity index is 2.86. The maximum Gasteiger partial charge on any atom is 0.312 e. The lowest BCUT2D eigenvalue weighted by Crippen LogP contribution is -2.24. The van der Waals surface area contributed by atoms with Gasteiger partial charge in [0.2, 0.25) is 5.82 Å². The molecule has 0 aliphatic carbocycles. The van der Waals surface area contributed by atoms with Crippen LogP contribution in [0.25, 0.3) is 0 Å². The Morgan fingerprint density at radius 3 is 2.95 bits per heavy atom. The van der Waals surface area contributed by atoms with E-state index in [1.54, 1.807) is 13.0 Å². The van der Waals surface area contributed by atoms with Crippen molar-refractivity contribution in [2.45, 2.75) is 19.9 Å². The van der Waals surface area contributed by atoms with Crippen molar-refractivity contribution >= 4 is 17.5 Å². The second-order valence-corrected chi connectivity index (χ2v) is 3.81. The number of carbonyl (C=O) groups excluding carboxylic acids is 1. The molecule has 0 amide bonds. The van der Waals surface area contributed by atoms with Gasteiger partial charge in [-0.25, -0.2) is 4.98 Å². The first-order chi connectivity index (χ1) is 8.93. The van der Waals surface area contributed by atoms with Crippen molar-refractivity contribution in [3.63, 3.8) is 0 Å². The van der Waals surface area contributed by atoms with Crippen LogP contribution in [0.5, 0.6) is 0 Å². The zero-order valence-electron chi connectivity index (χ0n) is 10.4. The zero-order valence-corrected chi connectivity index (χ0v) is 10.4. The van der Waals surface area contributed by atoms with E-state index >= 15 is 0 Å². The molecular weight excluding hydrogens is 252 g/mol. The molecule has 0 aliphatic heterocycles. The number of nitrogens with zero attached hydrogens (tertiary/aromatic N) is 3. The normalized spacial score (nSPS) is 11.2. The van der Waals surface area contributed by atoms with Gasteiger partial charge in [0.15, 0.2) is 0 Å². The smallest absolute Gasteiger partial charge is 0.312 e. The van der Waals surface area contributed by atoms with Crippen LogP contribution in [0.4, 0.5) is 11.5 Å². The van der Waals surface area contributed by atoms with Gasteiger partial charge in [-0.1, -0.05) is 0 Å². The lowest BCUT2D eigenvalue weighted by Gasteiger charge is -2.13. The van der Waals surface area contributed by atoms with Gasteiger partial charge in [-0.05, 0) is 6.92 Å². The summed E-state index contributed by atoms with van der Waals surface area (Å²) in [5.41, 5.74) is -0.196. The van der Waals surface area contributed by atoms with Crippen LogP contribution in [0.3, 0.4) is 0 Å². The number of esters is 1. The lowest BCUT2D eigenvalue weighted by atomic mass is 10.2. The number of hydrogen-bond acceptors (Lipinski definition) is 7. The molecule has 0 unspecified atom stereocenters. The molecule has 1 rings (SSSR count). The van der Waals surface area contributed by atoms with E-state index in [2.05, 4.69) is 10.3 Å². The van der Waals surface area contributed by atoms with Crippen LogP contribution in [-0.4, -0.2) is 28.5 Å². The van der Waals surface area contributed by atoms with Gasteiger partial charge in [0, 0.05) is 19.2 Å². The highest BCUT2D eigenvalue weighted by Gasteiger charge is 2.18. The van der Waals surface area contributed by atoms with E-state index < -0.39 is 10.9 Å². The van der Waals surface area contributed by atoms with Gasteiger partial charge >= 0.3 is 11.7 Å². The summed E-state index contributed by atoms with van der Waals surface area (Å²) in [6.07, 6.45) is 1.23. The Kier molecular flexibility index (Phi) is 4.76. The molecule has 0 saturated heterocycles. The number of anilines is 1. The number of aromatic nitrogens is 1. The first kappa shape index (κ1) is 14.4. The molecule has 1 atom stereocenters. The number of carbonyl (C=O) groups is 1. The molecule has 0 saturated carbocycles. The highest BCUT2D eigenvalue weighted by Crippen LogP contribution is 2.23. The van der Waals surface area contributed by atoms with Crippen LogP contribution in [0.2, 0.25) is 0 Å². The average molecular weight is 264 g/mol. The first-order valence-electron chi connectivity index (χ1n) is 5.38. The van der Waals surface area contributed by atoms with Crippen LogP contribution in [0, 0.1) is 21.4 Å². The van der Waals surface area contributed by atoms with Crippen LogP contribution in [-0.2, 0) is 9.53 Å². The number of rotatable bonds is 5. The molecule has 0 bridgehead atoms. The third-order valence-electron chi connectivity index (χ3n) is 2.11. The van der Waals surface area contributed by atoms with Crippen LogP contribution >= 0.6 is 0 Å². The third kappa shape index (κ3) is 4.23. The highest BCUT2D eigenvalue weighted by molar-refractivity contribution is 5.66. The molecule has 0 spiro atoms. The number of nitrogens with one attached hydrogen (secondary N) is 1. The summed E-state index contributed by atoms with van der Waals surface area (Å²) in [6.45, 7) is 3.02. The summed E-state index contributed by atoms with van der Waals surface area (Å²) in [6, 6.07) is 2.57. The Labute approximate surface area is 109 Å². The topological polar surface area (TPSA) is 118 Å². The molecular formula is C11H12N4O4. The predicted molar refractivity (Wildman–Crippen MR) is 65.3 cm³/mol. The Bertz CT molecular complexity index is 538. The highest BCUT2D eigenvalue weighted by atomic mass is 16.6. The largest absolute Gasteiger partial charge is 0.464 e. The number of nitriles is 1.